The fourth-order valence-corrected chi connectivity index (χ4v) is 2.03. The Kier molecular flexibility index (Phi) is 4.18. The van der Waals surface area contributed by atoms with Gasteiger partial charge in [-0.15, -0.1) is 0 Å². The molecule has 2 rings (SSSR count). The first-order chi connectivity index (χ1) is 9.93. The molecule has 0 aromatic heterocycles. The van der Waals surface area contributed by atoms with E-state index >= 15 is 0 Å². The van der Waals surface area contributed by atoms with E-state index < -0.39 is 17.5 Å². The lowest BCUT2D eigenvalue weighted by Gasteiger charge is -2.14. The molecule has 0 saturated carbocycles. The zero-order chi connectivity index (χ0) is 15.6. The van der Waals surface area contributed by atoms with Crippen LogP contribution in [0.3, 0.4) is 0 Å². The number of carbonyl (C=O) groups excluding carboxylic acids is 1. The Morgan fingerprint density at radius 2 is 1.86 bits per heavy atom. The lowest BCUT2D eigenvalue weighted by atomic mass is 10.1. The van der Waals surface area contributed by atoms with Crippen LogP contribution in [-0.4, -0.2) is 5.91 Å². The number of halogens is 2. The van der Waals surface area contributed by atoms with Crippen molar-refractivity contribution >= 4 is 17.3 Å². The van der Waals surface area contributed by atoms with E-state index in [1.54, 1.807) is 6.07 Å². The Bertz CT molecular complexity index is 702. The molecule has 4 nitrogen and oxygen atoms in total. The Balaban J connectivity index is 2.51. The normalized spacial score (nSPS) is 10.3. The smallest absolute Gasteiger partial charge is 0.267 e. The maximum absolute atomic E-state index is 14.0. The van der Waals surface area contributed by atoms with Crippen LogP contribution < -0.4 is 16.6 Å². The van der Waals surface area contributed by atoms with Crippen LogP contribution >= 0.6 is 0 Å². The van der Waals surface area contributed by atoms with E-state index in [-0.39, 0.29) is 11.3 Å². The van der Waals surface area contributed by atoms with Crippen LogP contribution in [-0.2, 0) is 0 Å². The predicted octanol–water partition coefficient (Wildman–Crippen LogP) is 2.93. The number of rotatable bonds is 3. The van der Waals surface area contributed by atoms with E-state index in [0.717, 1.165) is 17.2 Å². The lowest BCUT2D eigenvalue weighted by Crippen LogP contribution is -2.30. The minimum absolute atomic E-state index is 0.0728. The van der Waals surface area contributed by atoms with E-state index in [2.05, 4.69) is 5.32 Å². The molecule has 0 atom stereocenters. The number of nitrogens with one attached hydrogen (secondary N) is 2. The number of nitrogen functional groups attached to an aromatic ring is 1. The second-order valence-electron chi connectivity index (χ2n) is 4.70. The summed E-state index contributed by atoms with van der Waals surface area (Å²) in [6, 6.07) is 7.51. The van der Waals surface area contributed by atoms with Crippen molar-refractivity contribution in [2.75, 3.05) is 5.32 Å². The van der Waals surface area contributed by atoms with Gasteiger partial charge in [0.1, 0.15) is 0 Å². The van der Waals surface area contributed by atoms with Crippen molar-refractivity contribution in [1.82, 2.24) is 5.43 Å². The number of amides is 1. The maximum atomic E-state index is 14.0. The van der Waals surface area contributed by atoms with E-state index in [1.807, 2.05) is 31.4 Å². The highest BCUT2D eigenvalue weighted by atomic mass is 19.2. The molecule has 0 fully saturated rings. The Labute approximate surface area is 120 Å². The van der Waals surface area contributed by atoms with Crippen molar-refractivity contribution in [3.05, 3.63) is 58.7 Å². The van der Waals surface area contributed by atoms with Gasteiger partial charge in [-0.25, -0.2) is 14.6 Å². The molecule has 4 N–H and O–H groups in total. The molecule has 0 aliphatic rings. The summed E-state index contributed by atoms with van der Waals surface area (Å²) in [4.78, 5) is 11.7. The van der Waals surface area contributed by atoms with E-state index in [1.165, 1.54) is 6.07 Å². The molecule has 2 aromatic rings. The number of hydrogen-bond donors (Lipinski definition) is 3. The minimum Gasteiger partial charge on any atom is -0.352 e. The van der Waals surface area contributed by atoms with Crippen LogP contribution in [0.1, 0.15) is 21.5 Å². The van der Waals surface area contributed by atoms with Crippen LogP contribution in [0.15, 0.2) is 30.3 Å². The molecule has 1 amide bonds. The standard InChI is InChI=1S/C15H15F2N3O/c1-8-3-6-12(9(2)7-8)19-14-10(15(21)20-18)4-5-11(16)13(14)17/h3-7,19H,18H2,1-2H3,(H,20,21). The van der Waals surface area contributed by atoms with Gasteiger partial charge < -0.3 is 5.32 Å². The Morgan fingerprint density at radius 1 is 1.14 bits per heavy atom. The fourth-order valence-electron chi connectivity index (χ4n) is 2.03. The van der Waals surface area contributed by atoms with E-state index in [0.29, 0.717) is 5.69 Å². The predicted molar refractivity (Wildman–Crippen MR) is 77.2 cm³/mol. The van der Waals surface area contributed by atoms with Crippen molar-refractivity contribution < 1.29 is 13.6 Å². The molecule has 110 valence electrons. The molecule has 0 aliphatic carbocycles. The molecule has 0 spiro atoms. The van der Waals surface area contributed by atoms with E-state index in [4.69, 9.17) is 5.84 Å². The number of hydrogen-bond acceptors (Lipinski definition) is 3. The largest absolute Gasteiger partial charge is 0.352 e. The summed E-state index contributed by atoms with van der Waals surface area (Å²) in [5, 5.41) is 2.76. The highest BCUT2D eigenvalue weighted by Crippen LogP contribution is 2.28. The van der Waals surface area contributed by atoms with Crippen molar-refractivity contribution in [3.8, 4) is 0 Å². The van der Waals surface area contributed by atoms with Crippen LogP contribution in [0.25, 0.3) is 0 Å². The van der Waals surface area contributed by atoms with E-state index in [9.17, 15) is 13.6 Å². The van der Waals surface area contributed by atoms with Gasteiger partial charge in [-0.1, -0.05) is 17.7 Å². The van der Waals surface area contributed by atoms with Crippen LogP contribution in [0.4, 0.5) is 20.2 Å². The van der Waals surface area contributed by atoms with Crippen molar-refractivity contribution in [1.29, 1.82) is 0 Å². The maximum Gasteiger partial charge on any atom is 0.267 e. The third-order valence-corrected chi connectivity index (χ3v) is 3.11. The van der Waals surface area contributed by atoms with Crippen molar-refractivity contribution in [2.45, 2.75) is 13.8 Å². The van der Waals surface area contributed by atoms with Gasteiger partial charge in [0.15, 0.2) is 11.6 Å². The molecule has 0 radical (unpaired) electrons. The third-order valence-electron chi connectivity index (χ3n) is 3.11. The van der Waals surface area contributed by atoms with Gasteiger partial charge in [-0.05, 0) is 37.6 Å². The minimum atomic E-state index is -1.13. The van der Waals surface area contributed by atoms with Gasteiger partial charge in [0.25, 0.3) is 5.91 Å². The zero-order valence-corrected chi connectivity index (χ0v) is 11.6. The molecule has 0 aliphatic heterocycles. The SMILES string of the molecule is Cc1ccc(Nc2c(C(=O)NN)ccc(F)c2F)c(C)c1. The molecule has 21 heavy (non-hydrogen) atoms. The molecule has 2 aromatic carbocycles. The van der Waals surface area contributed by atoms with Crippen molar-refractivity contribution in [2.24, 2.45) is 5.84 Å². The van der Waals surface area contributed by atoms with Gasteiger partial charge in [-0.2, -0.15) is 0 Å². The van der Waals surface area contributed by atoms with Gasteiger partial charge in [0.2, 0.25) is 0 Å². The summed E-state index contributed by atoms with van der Waals surface area (Å²) in [6.07, 6.45) is 0. The average Bonchev–Trinajstić information content (AvgIpc) is 2.45. The molecular weight excluding hydrogens is 276 g/mol. The second-order valence-corrected chi connectivity index (χ2v) is 4.70. The van der Waals surface area contributed by atoms with Crippen molar-refractivity contribution in [3.63, 3.8) is 0 Å². The number of hydrazine groups is 1. The number of anilines is 2. The first-order valence-corrected chi connectivity index (χ1v) is 6.27. The highest BCUT2D eigenvalue weighted by molar-refractivity contribution is 6.00. The van der Waals surface area contributed by atoms with Gasteiger partial charge in [0.05, 0.1) is 11.3 Å². The van der Waals surface area contributed by atoms with Crippen LogP contribution in [0, 0.1) is 25.5 Å². The molecule has 0 bridgehead atoms. The Morgan fingerprint density at radius 3 is 2.48 bits per heavy atom. The molecule has 0 heterocycles. The molecule has 0 unspecified atom stereocenters. The summed E-state index contributed by atoms with van der Waals surface area (Å²) >= 11 is 0. The summed E-state index contributed by atoms with van der Waals surface area (Å²) in [5.74, 6) is 2.18. The first kappa shape index (κ1) is 14.9. The van der Waals surface area contributed by atoms with Gasteiger partial charge in [0, 0.05) is 5.69 Å². The molecule has 6 heteroatoms. The quantitative estimate of drug-likeness (QED) is 0.463. The summed E-state index contributed by atoms with van der Waals surface area (Å²) in [7, 11) is 0. The second kappa shape index (κ2) is 5.88. The first-order valence-electron chi connectivity index (χ1n) is 6.27. The average molecular weight is 291 g/mol. The summed E-state index contributed by atoms with van der Waals surface area (Å²) in [5.41, 5.74) is 4.06. The van der Waals surface area contributed by atoms with Crippen LogP contribution in [0.2, 0.25) is 0 Å². The summed E-state index contributed by atoms with van der Waals surface area (Å²) < 4.78 is 27.4. The summed E-state index contributed by atoms with van der Waals surface area (Å²) in [6.45, 7) is 3.75. The van der Waals surface area contributed by atoms with Gasteiger partial charge >= 0.3 is 0 Å². The number of carbonyl (C=O) groups is 1. The lowest BCUT2D eigenvalue weighted by molar-refractivity contribution is 0.0954. The Hall–Kier alpha value is -2.47. The van der Waals surface area contributed by atoms with Gasteiger partial charge in [-0.3, -0.25) is 10.2 Å². The molecular formula is C15H15F2N3O. The monoisotopic (exact) mass is 291 g/mol. The number of nitrogens with two attached hydrogens (primary N) is 1. The topological polar surface area (TPSA) is 67.2 Å². The molecule has 0 saturated heterocycles. The van der Waals surface area contributed by atoms with Crippen LogP contribution in [0.5, 0.6) is 0 Å². The number of aryl methyl sites for hydroxylation is 2. The fraction of sp³-hybridized carbons (Fsp3) is 0.133. The third kappa shape index (κ3) is 3.00. The zero-order valence-electron chi connectivity index (χ0n) is 11.6. The highest BCUT2D eigenvalue weighted by Gasteiger charge is 2.18. The number of benzene rings is 2.